The van der Waals surface area contributed by atoms with E-state index in [2.05, 4.69) is 11.1 Å². The Morgan fingerprint density at radius 2 is 1.08 bits per heavy atom. The van der Waals surface area contributed by atoms with E-state index in [4.69, 9.17) is 23.5 Å². The van der Waals surface area contributed by atoms with Crippen LogP contribution in [0.2, 0.25) is 0 Å². The van der Waals surface area contributed by atoms with Crippen molar-refractivity contribution in [2.75, 3.05) is 26.4 Å². The normalized spacial score (nSPS) is 21.2. The Labute approximate surface area is 322 Å². The highest BCUT2D eigenvalue weighted by Crippen LogP contribution is 2.26. The molecular formula is C40H78O12S. The third kappa shape index (κ3) is 27.4. The van der Waals surface area contributed by atoms with Crippen LogP contribution in [0.5, 0.6) is 0 Å². The first kappa shape index (κ1) is 50.1. The lowest BCUT2D eigenvalue weighted by atomic mass is 9.99. The van der Waals surface area contributed by atoms with Crippen molar-refractivity contribution in [1.82, 2.24) is 0 Å². The van der Waals surface area contributed by atoms with Gasteiger partial charge in [-0.25, -0.2) is 4.18 Å². The van der Waals surface area contributed by atoms with E-state index in [1.54, 1.807) is 0 Å². The number of unbranched alkanes of at least 4 members (excludes halogenated alkanes) is 24. The SMILES string of the molecule is CCCCCCCCCCCCCCCCCCCCCCCCCOCC(COC1OC(CO)C(O)C(OS(=O)(=O)O)C1O)OC(=O)CCCCC. The minimum Gasteiger partial charge on any atom is -0.457 e. The summed E-state index contributed by atoms with van der Waals surface area (Å²) in [5, 5.41) is 30.4. The minimum atomic E-state index is -5.04. The average molecular weight is 783 g/mol. The Bertz CT molecular complexity index is 952. The van der Waals surface area contributed by atoms with Crippen molar-refractivity contribution in [2.24, 2.45) is 0 Å². The number of carbonyl (C=O) groups excluding carboxylic acids is 1. The standard InChI is InChI=1S/C40H78O12S/c1-3-5-7-8-9-10-11-12-13-14-15-16-17-18-19-20-21-22-23-24-25-26-28-30-48-32-34(50-36(42)29-27-6-4-2)33-49-40-38(44)39(52-53(45,46)47)37(43)35(31-41)51-40/h34-35,37-41,43-44H,3-33H2,1-2H3,(H,45,46,47). The van der Waals surface area contributed by atoms with Crippen molar-refractivity contribution in [3.63, 3.8) is 0 Å². The molecule has 13 heteroatoms. The van der Waals surface area contributed by atoms with Gasteiger partial charge in [-0.2, -0.15) is 8.42 Å². The molecule has 1 aliphatic heterocycles. The molecule has 0 saturated carbocycles. The van der Waals surface area contributed by atoms with Crippen molar-refractivity contribution < 1.29 is 56.2 Å². The number of esters is 1. The molecular weight excluding hydrogens is 704 g/mol. The van der Waals surface area contributed by atoms with Crippen LogP contribution in [0.4, 0.5) is 0 Å². The number of hydrogen-bond donors (Lipinski definition) is 4. The third-order valence-corrected chi connectivity index (χ3v) is 10.4. The lowest BCUT2D eigenvalue weighted by molar-refractivity contribution is -0.301. The zero-order chi connectivity index (χ0) is 39.0. The maximum atomic E-state index is 12.4. The van der Waals surface area contributed by atoms with Gasteiger partial charge in [0.25, 0.3) is 0 Å². The zero-order valence-electron chi connectivity index (χ0n) is 33.3. The van der Waals surface area contributed by atoms with Gasteiger partial charge in [-0.3, -0.25) is 9.35 Å². The number of aliphatic hydroxyl groups excluding tert-OH is 3. The smallest absolute Gasteiger partial charge is 0.397 e. The number of rotatable bonds is 37. The average Bonchev–Trinajstić information content (AvgIpc) is 3.12. The van der Waals surface area contributed by atoms with Gasteiger partial charge in [0.15, 0.2) is 6.29 Å². The molecule has 6 unspecified atom stereocenters. The summed E-state index contributed by atoms with van der Waals surface area (Å²) < 4.78 is 58.4. The molecule has 0 radical (unpaired) electrons. The predicted octanol–water partition coefficient (Wildman–Crippen LogP) is 8.13. The van der Waals surface area contributed by atoms with E-state index >= 15 is 0 Å². The molecule has 1 rings (SSSR count). The van der Waals surface area contributed by atoms with Crippen LogP contribution in [0.3, 0.4) is 0 Å². The molecule has 4 N–H and O–H groups in total. The molecule has 0 aromatic carbocycles. The molecule has 0 aromatic rings. The summed E-state index contributed by atoms with van der Waals surface area (Å²) in [6.07, 6.45) is 24.0. The fraction of sp³-hybridized carbons (Fsp3) is 0.975. The summed E-state index contributed by atoms with van der Waals surface area (Å²) in [7, 11) is -5.04. The largest absolute Gasteiger partial charge is 0.457 e. The van der Waals surface area contributed by atoms with Gasteiger partial charge in [0.1, 0.15) is 30.5 Å². The summed E-state index contributed by atoms with van der Waals surface area (Å²) in [4.78, 5) is 12.4. The molecule has 1 saturated heterocycles. The van der Waals surface area contributed by atoms with Gasteiger partial charge in [-0.15, -0.1) is 0 Å². The fourth-order valence-electron chi connectivity index (χ4n) is 6.73. The summed E-state index contributed by atoms with van der Waals surface area (Å²) >= 11 is 0. The molecule has 1 fully saturated rings. The highest BCUT2D eigenvalue weighted by atomic mass is 32.3. The molecule has 0 aliphatic carbocycles. The second kappa shape index (κ2) is 33.3. The quantitative estimate of drug-likeness (QED) is 0.0271. The van der Waals surface area contributed by atoms with Crippen molar-refractivity contribution in [3.8, 4) is 0 Å². The van der Waals surface area contributed by atoms with Gasteiger partial charge in [-0.1, -0.05) is 168 Å². The first-order valence-electron chi connectivity index (χ1n) is 21.3. The molecule has 12 nitrogen and oxygen atoms in total. The van der Waals surface area contributed by atoms with E-state index in [1.165, 1.54) is 128 Å². The van der Waals surface area contributed by atoms with E-state index in [0.717, 1.165) is 32.1 Å². The van der Waals surface area contributed by atoms with Crippen LogP contribution in [0.25, 0.3) is 0 Å². The predicted molar refractivity (Wildman–Crippen MR) is 207 cm³/mol. The molecule has 0 aromatic heterocycles. The van der Waals surface area contributed by atoms with Crippen LogP contribution in [0, 0.1) is 0 Å². The van der Waals surface area contributed by atoms with Gasteiger partial charge in [0.05, 0.1) is 19.8 Å². The van der Waals surface area contributed by atoms with E-state index in [1.807, 2.05) is 6.92 Å². The molecule has 0 amide bonds. The first-order valence-corrected chi connectivity index (χ1v) is 22.7. The Balaban J connectivity index is 2.17. The topological polar surface area (TPSA) is 178 Å². The van der Waals surface area contributed by atoms with E-state index in [-0.39, 0.29) is 19.6 Å². The lowest BCUT2D eigenvalue weighted by Gasteiger charge is -2.41. The van der Waals surface area contributed by atoms with Crippen molar-refractivity contribution in [1.29, 1.82) is 0 Å². The van der Waals surface area contributed by atoms with Gasteiger partial charge in [0.2, 0.25) is 0 Å². The Morgan fingerprint density at radius 3 is 1.51 bits per heavy atom. The van der Waals surface area contributed by atoms with Gasteiger partial charge in [-0.05, 0) is 12.8 Å². The van der Waals surface area contributed by atoms with Crippen LogP contribution in [0.15, 0.2) is 0 Å². The molecule has 6 atom stereocenters. The van der Waals surface area contributed by atoms with Gasteiger partial charge >= 0.3 is 16.4 Å². The van der Waals surface area contributed by atoms with Crippen LogP contribution >= 0.6 is 0 Å². The van der Waals surface area contributed by atoms with Crippen LogP contribution < -0.4 is 0 Å². The van der Waals surface area contributed by atoms with Crippen molar-refractivity contribution in [3.05, 3.63) is 0 Å². The van der Waals surface area contributed by atoms with Gasteiger partial charge < -0.3 is 34.3 Å². The number of hydrogen-bond acceptors (Lipinski definition) is 11. The summed E-state index contributed by atoms with van der Waals surface area (Å²) in [6, 6.07) is 0. The van der Waals surface area contributed by atoms with E-state index < -0.39 is 59.8 Å². The maximum absolute atomic E-state index is 12.4. The molecule has 0 spiro atoms. The van der Waals surface area contributed by atoms with Crippen LogP contribution in [-0.4, -0.2) is 97.5 Å². The minimum absolute atomic E-state index is 0.0403. The van der Waals surface area contributed by atoms with Crippen molar-refractivity contribution >= 4 is 16.4 Å². The molecule has 1 aliphatic rings. The maximum Gasteiger partial charge on any atom is 0.397 e. The van der Waals surface area contributed by atoms with E-state index in [0.29, 0.717) is 13.0 Å². The molecule has 53 heavy (non-hydrogen) atoms. The molecule has 0 bridgehead atoms. The lowest BCUT2D eigenvalue weighted by Crippen LogP contribution is -2.60. The summed E-state index contributed by atoms with van der Waals surface area (Å²) in [5.41, 5.74) is 0. The number of ether oxygens (including phenoxy) is 4. The monoisotopic (exact) mass is 783 g/mol. The molecule has 316 valence electrons. The second-order valence-corrected chi connectivity index (χ2v) is 16.0. The molecule has 1 heterocycles. The Morgan fingerprint density at radius 1 is 0.642 bits per heavy atom. The van der Waals surface area contributed by atoms with Crippen LogP contribution in [-0.2, 0) is 38.3 Å². The highest BCUT2D eigenvalue weighted by molar-refractivity contribution is 7.80. The van der Waals surface area contributed by atoms with Crippen molar-refractivity contribution in [2.45, 2.75) is 224 Å². The fourth-order valence-corrected chi connectivity index (χ4v) is 7.24. The summed E-state index contributed by atoms with van der Waals surface area (Å²) in [5.74, 6) is -0.420. The highest BCUT2D eigenvalue weighted by Gasteiger charge is 2.48. The second-order valence-electron chi connectivity index (χ2n) is 15.0. The third-order valence-electron chi connectivity index (χ3n) is 9.98. The van der Waals surface area contributed by atoms with Gasteiger partial charge in [0, 0.05) is 13.0 Å². The van der Waals surface area contributed by atoms with Crippen LogP contribution in [0.1, 0.15) is 187 Å². The first-order chi connectivity index (χ1) is 25.6. The number of carbonyl (C=O) groups is 1. The number of aliphatic hydroxyl groups is 3. The van der Waals surface area contributed by atoms with E-state index in [9.17, 15) is 28.5 Å². The Hall–Kier alpha value is -0.900. The zero-order valence-corrected chi connectivity index (χ0v) is 34.2. The Kier molecular flexibility index (Phi) is 31.5. The summed E-state index contributed by atoms with van der Waals surface area (Å²) in [6.45, 7) is 3.82.